The zero-order valence-corrected chi connectivity index (χ0v) is 10.1. The van der Waals surface area contributed by atoms with Crippen LogP contribution in [0, 0.1) is 0 Å². The number of halogens is 4. The predicted molar refractivity (Wildman–Crippen MR) is 62.4 cm³/mol. The fourth-order valence-corrected chi connectivity index (χ4v) is 1.45. The van der Waals surface area contributed by atoms with Gasteiger partial charge in [-0.1, -0.05) is 17.7 Å². The van der Waals surface area contributed by atoms with Crippen LogP contribution >= 0.6 is 11.6 Å². The van der Waals surface area contributed by atoms with Crippen molar-refractivity contribution in [3.63, 3.8) is 0 Å². The summed E-state index contributed by atoms with van der Waals surface area (Å²) in [5, 5.41) is 0.254. The van der Waals surface area contributed by atoms with E-state index in [0.29, 0.717) is 0 Å². The second kappa shape index (κ2) is 5.36. The fraction of sp³-hybridized carbons (Fsp3) is 0.0833. The molecule has 0 unspecified atom stereocenters. The molecule has 0 atom stereocenters. The highest BCUT2D eigenvalue weighted by atomic mass is 35.5. The molecule has 0 radical (unpaired) electrons. The lowest BCUT2D eigenvalue weighted by Gasteiger charge is -2.10. The molecular weight excluding hydrogens is 283 g/mol. The number of rotatable bonds is 3. The molecule has 3 nitrogen and oxygen atoms in total. The molecule has 0 spiro atoms. The fourth-order valence-electron chi connectivity index (χ4n) is 1.29. The number of pyridine rings is 1. The molecule has 0 saturated heterocycles. The van der Waals surface area contributed by atoms with Crippen molar-refractivity contribution in [2.24, 2.45) is 0 Å². The molecule has 0 amide bonds. The minimum Gasteiger partial charge on any atom is -0.437 e. The van der Waals surface area contributed by atoms with E-state index in [1.165, 1.54) is 24.4 Å². The first kappa shape index (κ1) is 13.5. The summed E-state index contributed by atoms with van der Waals surface area (Å²) >= 11 is 5.82. The second-order valence-electron chi connectivity index (χ2n) is 3.42. The van der Waals surface area contributed by atoms with Gasteiger partial charge in [0.2, 0.25) is 5.88 Å². The van der Waals surface area contributed by atoms with Crippen molar-refractivity contribution in [3.8, 4) is 17.4 Å². The normalized spacial score (nSPS) is 11.2. The molecule has 0 N–H and O–H groups in total. The number of aromatic nitrogens is 1. The van der Waals surface area contributed by atoms with Crippen LogP contribution in [0.3, 0.4) is 0 Å². The molecule has 0 fully saturated rings. The van der Waals surface area contributed by atoms with Gasteiger partial charge in [0, 0.05) is 12.3 Å². The Morgan fingerprint density at radius 3 is 2.47 bits per heavy atom. The van der Waals surface area contributed by atoms with Crippen molar-refractivity contribution in [2.45, 2.75) is 6.36 Å². The lowest BCUT2D eigenvalue weighted by atomic mass is 10.3. The largest absolute Gasteiger partial charge is 0.573 e. The van der Waals surface area contributed by atoms with Crippen molar-refractivity contribution in [3.05, 3.63) is 47.6 Å². The Hall–Kier alpha value is -1.95. The van der Waals surface area contributed by atoms with Crippen LogP contribution in [0.2, 0.25) is 5.02 Å². The van der Waals surface area contributed by atoms with Crippen molar-refractivity contribution < 1.29 is 22.6 Å². The van der Waals surface area contributed by atoms with Gasteiger partial charge in [-0.15, -0.1) is 13.2 Å². The third kappa shape index (κ3) is 4.03. The molecule has 0 bridgehead atoms. The van der Waals surface area contributed by atoms with E-state index in [0.717, 1.165) is 6.07 Å². The number of ether oxygens (including phenoxy) is 2. The lowest BCUT2D eigenvalue weighted by Crippen LogP contribution is -2.17. The molecule has 2 aromatic rings. The monoisotopic (exact) mass is 289 g/mol. The molecule has 100 valence electrons. The Morgan fingerprint density at radius 2 is 1.79 bits per heavy atom. The summed E-state index contributed by atoms with van der Waals surface area (Å²) in [6, 6.07) is 8.26. The molecule has 7 heteroatoms. The van der Waals surface area contributed by atoms with Gasteiger partial charge in [0.05, 0.1) is 0 Å². The summed E-state index contributed by atoms with van der Waals surface area (Å²) < 4.78 is 45.3. The van der Waals surface area contributed by atoms with E-state index in [1.807, 2.05) is 0 Å². The van der Waals surface area contributed by atoms with Gasteiger partial charge in [0.1, 0.15) is 16.5 Å². The first-order chi connectivity index (χ1) is 8.94. The van der Waals surface area contributed by atoms with Crippen LogP contribution < -0.4 is 9.47 Å². The van der Waals surface area contributed by atoms with Crippen LogP contribution in [0.25, 0.3) is 0 Å². The average Bonchev–Trinajstić information content (AvgIpc) is 2.30. The van der Waals surface area contributed by atoms with Crippen LogP contribution in [-0.2, 0) is 0 Å². The highest BCUT2D eigenvalue weighted by Gasteiger charge is 2.31. The Morgan fingerprint density at radius 1 is 1.05 bits per heavy atom. The van der Waals surface area contributed by atoms with Crippen molar-refractivity contribution in [2.75, 3.05) is 0 Å². The summed E-state index contributed by atoms with van der Waals surface area (Å²) in [6.07, 6.45) is -3.29. The summed E-state index contributed by atoms with van der Waals surface area (Å²) in [5.41, 5.74) is 0. The van der Waals surface area contributed by atoms with Crippen LogP contribution in [0.5, 0.6) is 17.4 Å². The molecule has 19 heavy (non-hydrogen) atoms. The predicted octanol–water partition coefficient (Wildman–Crippen LogP) is 4.43. The van der Waals surface area contributed by atoms with Gasteiger partial charge in [-0.2, -0.15) is 0 Å². The third-order valence-electron chi connectivity index (χ3n) is 1.98. The SMILES string of the molecule is FC(F)(F)Oc1cccc(Oc2ncccc2Cl)c1. The molecule has 0 aliphatic heterocycles. The van der Waals surface area contributed by atoms with Gasteiger partial charge < -0.3 is 9.47 Å². The van der Waals surface area contributed by atoms with Crippen LogP contribution in [0.15, 0.2) is 42.6 Å². The maximum atomic E-state index is 12.1. The van der Waals surface area contributed by atoms with E-state index < -0.39 is 6.36 Å². The van der Waals surface area contributed by atoms with Crippen molar-refractivity contribution >= 4 is 11.6 Å². The maximum absolute atomic E-state index is 12.1. The summed E-state index contributed by atoms with van der Waals surface area (Å²) in [7, 11) is 0. The standard InChI is InChI=1S/C12H7ClF3NO2/c13-10-5-2-6-17-11(10)18-8-3-1-4-9(7-8)19-12(14,15)16/h1-7H. The summed E-state index contributed by atoms with van der Waals surface area (Å²) in [5.74, 6) is -0.132. The Kier molecular flexibility index (Phi) is 3.80. The topological polar surface area (TPSA) is 31.4 Å². The number of hydrogen-bond donors (Lipinski definition) is 0. The second-order valence-corrected chi connectivity index (χ2v) is 3.82. The number of nitrogens with zero attached hydrogens (tertiary/aromatic N) is 1. The van der Waals surface area contributed by atoms with E-state index in [1.54, 1.807) is 12.1 Å². The number of benzene rings is 1. The average molecular weight is 290 g/mol. The minimum absolute atomic E-state index is 0.105. The van der Waals surface area contributed by atoms with E-state index in [9.17, 15) is 13.2 Å². The third-order valence-corrected chi connectivity index (χ3v) is 2.27. The first-order valence-electron chi connectivity index (χ1n) is 5.08. The van der Waals surface area contributed by atoms with Gasteiger partial charge in [-0.25, -0.2) is 4.98 Å². The molecule has 0 saturated carbocycles. The Balaban J connectivity index is 2.18. The molecule has 2 rings (SSSR count). The van der Waals surface area contributed by atoms with E-state index in [2.05, 4.69) is 9.72 Å². The highest BCUT2D eigenvalue weighted by Crippen LogP contribution is 2.30. The van der Waals surface area contributed by atoms with Crippen molar-refractivity contribution in [1.29, 1.82) is 0 Å². The molecule has 0 aliphatic rings. The maximum Gasteiger partial charge on any atom is 0.573 e. The minimum atomic E-state index is -4.75. The van der Waals surface area contributed by atoms with Gasteiger partial charge >= 0.3 is 6.36 Å². The van der Waals surface area contributed by atoms with Crippen LogP contribution in [-0.4, -0.2) is 11.3 Å². The molecule has 0 aliphatic carbocycles. The number of alkyl halides is 3. The summed E-state index contributed by atoms with van der Waals surface area (Å²) in [4.78, 5) is 3.86. The Labute approximate surface area is 111 Å². The quantitative estimate of drug-likeness (QED) is 0.838. The van der Waals surface area contributed by atoms with Crippen LogP contribution in [0.4, 0.5) is 13.2 Å². The van der Waals surface area contributed by atoms with Gasteiger partial charge in [-0.05, 0) is 24.3 Å². The lowest BCUT2D eigenvalue weighted by molar-refractivity contribution is -0.274. The van der Waals surface area contributed by atoms with Crippen LogP contribution in [0.1, 0.15) is 0 Å². The molecule has 1 aromatic carbocycles. The summed E-state index contributed by atoms with van der Waals surface area (Å²) in [6.45, 7) is 0. The van der Waals surface area contributed by atoms with Gasteiger partial charge in [0.25, 0.3) is 0 Å². The van der Waals surface area contributed by atoms with Gasteiger partial charge in [0.15, 0.2) is 0 Å². The zero-order chi connectivity index (χ0) is 13.9. The number of hydrogen-bond acceptors (Lipinski definition) is 3. The van der Waals surface area contributed by atoms with E-state index in [4.69, 9.17) is 16.3 Å². The van der Waals surface area contributed by atoms with E-state index in [-0.39, 0.29) is 22.4 Å². The Bertz CT molecular complexity index is 575. The zero-order valence-electron chi connectivity index (χ0n) is 9.32. The first-order valence-corrected chi connectivity index (χ1v) is 5.46. The van der Waals surface area contributed by atoms with Crippen molar-refractivity contribution in [1.82, 2.24) is 4.98 Å². The van der Waals surface area contributed by atoms with Gasteiger partial charge in [-0.3, -0.25) is 0 Å². The molecule has 1 aromatic heterocycles. The molecule has 1 heterocycles. The molecular formula is C12H7ClF3NO2. The smallest absolute Gasteiger partial charge is 0.437 e. The van der Waals surface area contributed by atoms with E-state index >= 15 is 0 Å². The highest BCUT2D eigenvalue weighted by molar-refractivity contribution is 6.31.